The van der Waals surface area contributed by atoms with Crippen LogP contribution in [-0.4, -0.2) is 34.1 Å². The number of rotatable bonds is 6. The van der Waals surface area contributed by atoms with Crippen LogP contribution in [0.1, 0.15) is 43.6 Å². The Kier molecular flexibility index (Phi) is 5.34. The quantitative estimate of drug-likeness (QED) is 0.780. The van der Waals surface area contributed by atoms with E-state index in [4.69, 9.17) is 9.84 Å². The fourth-order valence-electron chi connectivity index (χ4n) is 1.96. The molecule has 0 spiro atoms. The first-order chi connectivity index (χ1) is 8.51. The smallest absolute Gasteiger partial charge is 0.310 e. The van der Waals surface area contributed by atoms with Gasteiger partial charge in [0.25, 0.3) is 0 Å². The normalized spacial score (nSPS) is 11.0. The van der Waals surface area contributed by atoms with Gasteiger partial charge in [0.1, 0.15) is 0 Å². The predicted molar refractivity (Wildman–Crippen MR) is 68.5 cm³/mol. The van der Waals surface area contributed by atoms with Crippen LogP contribution in [0.5, 0.6) is 0 Å². The number of hydrogen-bond acceptors (Lipinski definition) is 4. The van der Waals surface area contributed by atoms with Gasteiger partial charge in [-0.1, -0.05) is 13.8 Å². The number of aromatic nitrogens is 2. The Hall–Kier alpha value is -1.36. The molecule has 1 N–H and O–H groups in total. The van der Waals surface area contributed by atoms with E-state index in [0.29, 0.717) is 13.2 Å². The number of carbonyl (C=O) groups excluding carboxylic acids is 1. The highest BCUT2D eigenvalue weighted by Gasteiger charge is 2.19. The van der Waals surface area contributed by atoms with Gasteiger partial charge in [-0.2, -0.15) is 5.10 Å². The maximum absolute atomic E-state index is 11.6. The molecule has 0 aliphatic rings. The fourth-order valence-corrected chi connectivity index (χ4v) is 1.96. The van der Waals surface area contributed by atoms with Gasteiger partial charge in [0.15, 0.2) is 0 Å². The maximum Gasteiger partial charge on any atom is 0.310 e. The Labute approximate surface area is 108 Å². The molecule has 1 heterocycles. The molecule has 0 saturated heterocycles. The molecule has 0 saturated carbocycles. The van der Waals surface area contributed by atoms with Gasteiger partial charge in [-0.15, -0.1) is 0 Å². The lowest BCUT2D eigenvalue weighted by molar-refractivity contribution is -0.142. The minimum atomic E-state index is -0.231. The number of ether oxygens (including phenoxy) is 1. The van der Waals surface area contributed by atoms with Gasteiger partial charge < -0.3 is 9.84 Å². The third-order valence-corrected chi connectivity index (χ3v) is 2.85. The second-order valence-electron chi connectivity index (χ2n) is 4.53. The van der Waals surface area contributed by atoms with Crippen molar-refractivity contribution in [3.63, 3.8) is 0 Å². The van der Waals surface area contributed by atoms with Crippen molar-refractivity contribution in [3.05, 3.63) is 17.0 Å². The molecule has 18 heavy (non-hydrogen) atoms. The number of nitrogens with zero attached hydrogens (tertiary/aromatic N) is 2. The third kappa shape index (κ3) is 3.32. The highest BCUT2D eigenvalue weighted by atomic mass is 16.5. The van der Waals surface area contributed by atoms with Crippen molar-refractivity contribution >= 4 is 5.97 Å². The Balaban J connectivity index is 3.02. The van der Waals surface area contributed by atoms with Crippen molar-refractivity contribution in [2.24, 2.45) is 0 Å². The summed E-state index contributed by atoms with van der Waals surface area (Å²) in [5.41, 5.74) is 2.77. The van der Waals surface area contributed by atoms with Crippen molar-refractivity contribution in [2.75, 3.05) is 13.2 Å². The Morgan fingerprint density at radius 3 is 2.67 bits per heavy atom. The summed E-state index contributed by atoms with van der Waals surface area (Å²) in [5, 5.41) is 13.5. The van der Waals surface area contributed by atoms with Crippen molar-refractivity contribution in [1.29, 1.82) is 0 Å². The van der Waals surface area contributed by atoms with Crippen LogP contribution in [0.2, 0.25) is 0 Å². The molecule has 0 fully saturated rings. The molecule has 1 aromatic rings. The van der Waals surface area contributed by atoms with Crippen LogP contribution in [0.15, 0.2) is 0 Å². The Morgan fingerprint density at radius 2 is 2.17 bits per heavy atom. The molecule has 0 aliphatic carbocycles. The molecule has 0 aliphatic heterocycles. The van der Waals surface area contributed by atoms with E-state index in [9.17, 15) is 4.79 Å². The summed E-state index contributed by atoms with van der Waals surface area (Å²) < 4.78 is 6.73. The molecule has 0 aromatic carbocycles. The van der Waals surface area contributed by atoms with Gasteiger partial charge in [-0.25, -0.2) is 0 Å². The van der Waals surface area contributed by atoms with Crippen molar-refractivity contribution in [3.8, 4) is 0 Å². The van der Waals surface area contributed by atoms with Crippen LogP contribution in [0, 0.1) is 6.92 Å². The van der Waals surface area contributed by atoms with E-state index in [0.717, 1.165) is 17.0 Å². The zero-order chi connectivity index (χ0) is 13.7. The van der Waals surface area contributed by atoms with E-state index in [1.165, 1.54) is 0 Å². The second-order valence-corrected chi connectivity index (χ2v) is 4.53. The summed E-state index contributed by atoms with van der Waals surface area (Å²) in [4.78, 5) is 11.6. The highest BCUT2D eigenvalue weighted by Crippen LogP contribution is 2.22. The number of aliphatic hydroxyl groups excluding tert-OH is 1. The van der Waals surface area contributed by atoms with Gasteiger partial charge in [-0.3, -0.25) is 9.48 Å². The van der Waals surface area contributed by atoms with E-state index < -0.39 is 0 Å². The average Bonchev–Trinajstić information content (AvgIpc) is 2.59. The number of hydrogen-bond donors (Lipinski definition) is 1. The zero-order valence-corrected chi connectivity index (χ0v) is 11.6. The summed E-state index contributed by atoms with van der Waals surface area (Å²) in [7, 11) is 0. The van der Waals surface area contributed by atoms with Gasteiger partial charge in [0.2, 0.25) is 0 Å². The van der Waals surface area contributed by atoms with Crippen LogP contribution in [0.3, 0.4) is 0 Å². The lowest BCUT2D eigenvalue weighted by Gasteiger charge is -2.06. The SMILES string of the molecule is CCOC(=O)Cc1c(C(C)C)nn(CCO)c1C. The van der Waals surface area contributed by atoms with Crippen molar-refractivity contribution in [2.45, 2.75) is 46.6 Å². The standard InChI is InChI=1S/C13H22N2O3/c1-5-18-12(17)8-11-10(4)15(6-7-16)14-13(11)9(2)3/h9,16H,5-8H2,1-4H3. The first kappa shape index (κ1) is 14.7. The average molecular weight is 254 g/mol. The number of esters is 1. The van der Waals surface area contributed by atoms with Crippen LogP contribution in [-0.2, 0) is 22.5 Å². The third-order valence-electron chi connectivity index (χ3n) is 2.85. The second kappa shape index (κ2) is 6.54. The summed E-state index contributed by atoms with van der Waals surface area (Å²) in [6.45, 7) is 8.68. The summed E-state index contributed by atoms with van der Waals surface area (Å²) in [6, 6.07) is 0. The molecule has 1 rings (SSSR count). The summed E-state index contributed by atoms with van der Waals surface area (Å²) >= 11 is 0. The van der Waals surface area contributed by atoms with Crippen molar-refractivity contribution < 1.29 is 14.6 Å². The molecule has 0 bridgehead atoms. The van der Waals surface area contributed by atoms with Crippen LogP contribution < -0.4 is 0 Å². The topological polar surface area (TPSA) is 64.3 Å². The molecule has 0 atom stereocenters. The van der Waals surface area contributed by atoms with Crippen LogP contribution in [0.25, 0.3) is 0 Å². The molecule has 102 valence electrons. The maximum atomic E-state index is 11.6. The highest BCUT2D eigenvalue weighted by molar-refractivity contribution is 5.73. The van der Waals surface area contributed by atoms with Gasteiger partial charge >= 0.3 is 5.97 Å². The van der Waals surface area contributed by atoms with E-state index >= 15 is 0 Å². The van der Waals surface area contributed by atoms with Crippen molar-refractivity contribution in [1.82, 2.24) is 9.78 Å². The lowest BCUT2D eigenvalue weighted by atomic mass is 10.0. The molecule has 0 amide bonds. The minimum Gasteiger partial charge on any atom is -0.466 e. The van der Waals surface area contributed by atoms with Crippen LogP contribution >= 0.6 is 0 Å². The molecular weight excluding hydrogens is 232 g/mol. The lowest BCUT2D eigenvalue weighted by Crippen LogP contribution is -2.10. The van der Waals surface area contributed by atoms with Gasteiger partial charge in [-0.05, 0) is 19.8 Å². The van der Waals surface area contributed by atoms with Crippen LogP contribution in [0.4, 0.5) is 0 Å². The molecule has 5 nitrogen and oxygen atoms in total. The molecule has 0 unspecified atom stereocenters. The molecular formula is C13H22N2O3. The Morgan fingerprint density at radius 1 is 1.50 bits per heavy atom. The fraction of sp³-hybridized carbons (Fsp3) is 0.692. The van der Waals surface area contributed by atoms with Gasteiger partial charge in [0, 0.05) is 11.3 Å². The number of carbonyl (C=O) groups is 1. The monoisotopic (exact) mass is 254 g/mol. The van der Waals surface area contributed by atoms with Gasteiger partial charge in [0.05, 0.1) is 31.9 Å². The van der Waals surface area contributed by atoms with E-state index in [1.54, 1.807) is 11.6 Å². The summed E-state index contributed by atoms with van der Waals surface area (Å²) in [6.07, 6.45) is 0.249. The molecule has 1 aromatic heterocycles. The first-order valence-corrected chi connectivity index (χ1v) is 6.33. The predicted octanol–water partition coefficient (Wildman–Crippen LogP) is 1.41. The largest absolute Gasteiger partial charge is 0.466 e. The molecule has 0 radical (unpaired) electrons. The van der Waals surface area contributed by atoms with E-state index in [1.807, 2.05) is 20.8 Å². The minimum absolute atomic E-state index is 0.0406. The van der Waals surface area contributed by atoms with E-state index in [2.05, 4.69) is 5.10 Å². The Bertz CT molecular complexity index is 411. The summed E-state index contributed by atoms with van der Waals surface area (Å²) in [5.74, 6) is 0.0131. The molecule has 5 heteroatoms. The van der Waals surface area contributed by atoms with E-state index in [-0.39, 0.29) is 24.9 Å². The number of aliphatic hydroxyl groups is 1. The zero-order valence-electron chi connectivity index (χ0n) is 11.6. The first-order valence-electron chi connectivity index (χ1n) is 6.33.